The summed E-state index contributed by atoms with van der Waals surface area (Å²) in [6, 6.07) is 20.9. The third-order valence-corrected chi connectivity index (χ3v) is 12.0. The Balaban J connectivity index is 0.000000150. The van der Waals surface area contributed by atoms with Crippen LogP contribution in [0.4, 0.5) is 0 Å². The molecule has 47 heavy (non-hydrogen) atoms. The summed E-state index contributed by atoms with van der Waals surface area (Å²) in [7, 11) is 2.21. The van der Waals surface area contributed by atoms with E-state index >= 15 is 0 Å². The van der Waals surface area contributed by atoms with Gasteiger partial charge in [0, 0.05) is 54.4 Å². The monoisotopic (exact) mass is 790 g/mol. The third kappa shape index (κ3) is 7.06. The lowest BCUT2D eigenvalue weighted by Crippen LogP contribution is -2.33. The predicted molar refractivity (Wildman–Crippen MR) is 204 cm³/mol. The lowest BCUT2D eigenvalue weighted by Gasteiger charge is -2.35. The zero-order valence-electron chi connectivity index (χ0n) is 26.4. The molecule has 2 aromatic carbocycles. The smallest absolute Gasteiger partial charge is 0.0564 e. The number of benzene rings is 2. The predicted octanol–water partition coefficient (Wildman–Crippen LogP) is 10.5. The molecule has 4 aromatic rings. The maximum atomic E-state index is 6.27. The van der Waals surface area contributed by atoms with E-state index in [1.54, 1.807) is 0 Å². The van der Waals surface area contributed by atoms with Crippen LogP contribution in [-0.4, -0.2) is 48.1 Å². The Kier molecular flexibility index (Phi) is 10.3. The highest BCUT2D eigenvalue weighted by Crippen LogP contribution is 2.47. The number of aromatic nitrogens is 2. The van der Waals surface area contributed by atoms with Crippen LogP contribution in [0.5, 0.6) is 0 Å². The zero-order chi connectivity index (χ0) is 32.5. The van der Waals surface area contributed by atoms with Gasteiger partial charge >= 0.3 is 0 Å². The summed E-state index contributed by atoms with van der Waals surface area (Å²) in [6.07, 6.45) is 13.0. The van der Waals surface area contributed by atoms with E-state index in [1.807, 2.05) is 36.7 Å². The average molecular weight is 793 g/mol. The maximum absolute atomic E-state index is 6.27. The number of hydrogen-bond donors (Lipinski definition) is 1. The van der Waals surface area contributed by atoms with Crippen LogP contribution in [0.1, 0.15) is 82.3 Å². The molecule has 2 saturated heterocycles. The van der Waals surface area contributed by atoms with Gasteiger partial charge in [-0.1, -0.05) is 79.3 Å². The van der Waals surface area contributed by atoms with Crippen molar-refractivity contribution in [2.75, 3.05) is 33.2 Å². The minimum atomic E-state index is 0.326. The SMILES string of the molecule is CN1CCC(C2c3ccc(Cl)cc3C=C(Br)c3cccnc32)CC1.Clc1ccc2c(c1)C=C(Br)c1cccnc1C2C1CCNCC1. The normalized spacial score (nSPS) is 21.4. The van der Waals surface area contributed by atoms with Crippen LogP contribution in [0, 0.1) is 11.8 Å². The number of fused-ring (bicyclic) bond motifs is 4. The van der Waals surface area contributed by atoms with Gasteiger partial charge in [0.15, 0.2) is 0 Å². The van der Waals surface area contributed by atoms with E-state index in [4.69, 9.17) is 33.2 Å². The molecule has 0 spiro atoms. The Morgan fingerprint density at radius 1 is 0.681 bits per heavy atom. The van der Waals surface area contributed by atoms with Gasteiger partial charge in [-0.25, -0.2) is 0 Å². The second-order valence-electron chi connectivity index (χ2n) is 13.1. The summed E-state index contributed by atoms with van der Waals surface area (Å²) in [5, 5.41) is 5.04. The van der Waals surface area contributed by atoms with Crippen molar-refractivity contribution >= 4 is 76.2 Å². The summed E-state index contributed by atoms with van der Waals surface area (Å²) in [6.45, 7) is 4.48. The molecule has 4 heterocycles. The van der Waals surface area contributed by atoms with E-state index in [-0.39, 0.29) is 0 Å². The first kappa shape index (κ1) is 33.2. The molecule has 2 atom stereocenters. The molecule has 4 aliphatic rings. The highest BCUT2D eigenvalue weighted by molar-refractivity contribution is 9.15. The van der Waals surface area contributed by atoms with Gasteiger partial charge in [0.2, 0.25) is 0 Å². The van der Waals surface area contributed by atoms with Crippen molar-refractivity contribution in [3.8, 4) is 0 Å². The molecule has 2 aliphatic carbocycles. The number of rotatable bonds is 2. The van der Waals surface area contributed by atoms with E-state index in [1.165, 1.54) is 70.5 Å². The third-order valence-electron chi connectivity index (χ3n) is 10.2. The van der Waals surface area contributed by atoms with E-state index < -0.39 is 0 Å². The Morgan fingerprint density at radius 3 is 1.64 bits per heavy atom. The molecular weight excluding hydrogens is 755 g/mol. The van der Waals surface area contributed by atoms with Crippen LogP contribution in [0.15, 0.2) is 73.1 Å². The molecular formula is C39H38Br2Cl2N4. The molecule has 4 nitrogen and oxygen atoms in total. The molecule has 0 saturated carbocycles. The number of piperidine rings is 2. The number of pyridine rings is 2. The van der Waals surface area contributed by atoms with Gasteiger partial charge in [-0.15, -0.1) is 0 Å². The fourth-order valence-electron chi connectivity index (χ4n) is 7.86. The molecule has 242 valence electrons. The Labute approximate surface area is 305 Å². The number of hydrogen-bond acceptors (Lipinski definition) is 4. The molecule has 8 heteroatoms. The number of halogens is 4. The summed E-state index contributed by atoms with van der Waals surface area (Å²) in [5.41, 5.74) is 9.87. The summed E-state index contributed by atoms with van der Waals surface area (Å²) in [4.78, 5) is 12.0. The van der Waals surface area contributed by atoms with Crippen LogP contribution in [0.25, 0.3) is 21.1 Å². The highest BCUT2D eigenvalue weighted by atomic mass is 79.9. The summed E-state index contributed by atoms with van der Waals surface area (Å²) in [5.74, 6) is 1.87. The van der Waals surface area contributed by atoms with Crippen LogP contribution < -0.4 is 5.32 Å². The van der Waals surface area contributed by atoms with Crippen LogP contribution in [0.3, 0.4) is 0 Å². The average Bonchev–Trinajstić information content (AvgIpc) is 3.29. The lowest BCUT2D eigenvalue weighted by molar-refractivity contribution is 0.206. The molecule has 8 rings (SSSR count). The molecule has 0 radical (unpaired) electrons. The van der Waals surface area contributed by atoms with Crippen LogP contribution in [0.2, 0.25) is 10.0 Å². The van der Waals surface area contributed by atoms with Crippen molar-refractivity contribution in [3.05, 3.63) is 128 Å². The minimum Gasteiger partial charge on any atom is -0.317 e. The van der Waals surface area contributed by atoms with E-state index in [2.05, 4.69) is 97.7 Å². The first-order chi connectivity index (χ1) is 22.9. The number of nitrogens with one attached hydrogen (secondary N) is 1. The van der Waals surface area contributed by atoms with Gasteiger partial charge < -0.3 is 10.2 Å². The summed E-state index contributed by atoms with van der Waals surface area (Å²) < 4.78 is 2.17. The van der Waals surface area contributed by atoms with Crippen molar-refractivity contribution < 1.29 is 0 Å². The molecule has 1 N–H and O–H groups in total. The lowest BCUT2D eigenvalue weighted by atomic mass is 9.76. The van der Waals surface area contributed by atoms with Crippen molar-refractivity contribution in [1.82, 2.24) is 20.2 Å². The fourth-order valence-corrected chi connectivity index (χ4v) is 9.38. The first-order valence-corrected chi connectivity index (χ1v) is 18.8. The summed E-state index contributed by atoms with van der Waals surface area (Å²) >= 11 is 20.0. The standard InChI is InChI=1S/C20H20BrClN2.C19H18BrClN2/c1-24-9-6-13(7-10-24)19-16-5-4-15(22)11-14(16)12-18(21)17-3-2-8-23-20(17)19;20-17-11-13-10-14(21)3-4-15(13)18(12-5-8-22-9-6-12)19-16(17)2-1-7-23-19/h2-5,8,11-13,19H,6-7,9-10H2,1H3;1-4,7,10-12,18,22H,5-6,8-9H2. The van der Waals surface area contributed by atoms with Gasteiger partial charge in [0.05, 0.1) is 11.4 Å². The molecule has 2 aliphatic heterocycles. The topological polar surface area (TPSA) is 41.1 Å². The number of nitrogens with zero attached hydrogens (tertiary/aromatic N) is 3. The Bertz CT molecular complexity index is 1830. The Morgan fingerprint density at radius 2 is 1.15 bits per heavy atom. The van der Waals surface area contributed by atoms with E-state index in [9.17, 15) is 0 Å². The highest BCUT2D eigenvalue weighted by Gasteiger charge is 2.34. The fraction of sp³-hybridized carbons (Fsp3) is 0.333. The largest absolute Gasteiger partial charge is 0.317 e. The van der Waals surface area contributed by atoms with Gasteiger partial charge in [-0.2, -0.15) is 0 Å². The number of likely N-dealkylation sites (tertiary alicyclic amines) is 1. The molecule has 0 amide bonds. The van der Waals surface area contributed by atoms with E-state index in [0.29, 0.717) is 23.7 Å². The quantitative estimate of drug-likeness (QED) is 0.220. The van der Waals surface area contributed by atoms with Gasteiger partial charge in [0.25, 0.3) is 0 Å². The van der Waals surface area contributed by atoms with Crippen molar-refractivity contribution in [1.29, 1.82) is 0 Å². The van der Waals surface area contributed by atoms with Crippen molar-refractivity contribution in [3.63, 3.8) is 0 Å². The van der Waals surface area contributed by atoms with Crippen molar-refractivity contribution in [2.24, 2.45) is 11.8 Å². The van der Waals surface area contributed by atoms with E-state index in [0.717, 1.165) is 45.2 Å². The molecule has 2 unspecified atom stereocenters. The van der Waals surface area contributed by atoms with Crippen LogP contribution >= 0.6 is 55.1 Å². The second-order valence-corrected chi connectivity index (χ2v) is 15.7. The van der Waals surface area contributed by atoms with Crippen LogP contribution in [-0.2, 0) is 0 Å². The zero-order valence-corrected chi connectivity index (χ0v) is 31.1. The minimum absolute atomic E-state index is 0.326. The molecule has 2 fully saturated rings. The maximum Gasteiger partial charge on any atom is 0.0564 e. The van der Waals surface area contributed by atoms with Crippen molar-refractivity contribution in [2.45, 2.75) is 37.5 Å². The van der Waals surface area contributed by atoms with Gasteiger partial charge in [-0.05, 0) is 142 Å². The molecule has 0 bridgehead atoms. The Hall–Kier alpha value is -2.32. The van der Waals surface area contributed by atoms with Gasteiger partial charge in [-0.3, -0.25) is 9.97 Å². The van der Waals surface area contributed by atoms with Gasteiger partial charge in [0.1, 0.15) is 0 Å². The first-order valence-electron chi connectivity index (χ1n) is 16.5. The molecule has 2 aromatic heterocycles. The second kappa shape index (κ2) is 14.7.